The first-order valence-corrected chi connectivity index (χ1v) is 6.83. The average Bonchev–Trinajstić information content (AvgIpc) is 2.45. The molecule has 2 rings (SSSR count). The number of ether oxygens (including phenoxy) is 2. The van der Waals surface area contributed by atoms with Gasteiger partial charge >= 0.3 is 0 Å². The number of methoxy groups -OCH3 is 2. The van der Waals surface area contributed by atoms with Gasteiger partial charge in [-0.2, -0.15) is 0 Å². The quantitative estimate of drug-likeness (QED) is 0.733. The van der Waals surface area contributed by atoms with Crippen LogP contribution < -0.4 is 9.47 Å². The van der Waals surface area contributed by atoms with Crippen molar-refractivity contribution in [1.29, 1.82) is 0 Å². The summed E-state index contributed by atoms with van der Waals surface area (Å²) in [5.74, 6) is 1.71. The second kappa shape index (κ2) is 6.00. The zero-order valence-corrected chi connectivity index (χ0v) is 12.7. The van der Waals surface area contributed by atoms with E-state index in [2.05, 4.69) is 26.5 Å². The van der Waals surface area contributed by atoms with E-state index in [1.807, 2.05) is 18.2 Å². The summed E-state index contributed by atoms with van der Waals surface area (Å²) in [5.41, 5.74) is 6.10. The van der Waals surface area contributed by atoms with Gasteiger partial charge in [0, 0.05) is 0 Å². The summed E-state index contributed by atoms with van der Waals surface area (Å²) in [7, 11) is 3.40. The zero-order chi connectivity index (χ0) is 14.7. The van der Waals surface area contributed by atoms with Crippen LogP contribution in [0.5, 0.6) is 11.5 Å². The number of allylic oxidation sites excluding steroid dienone is 5. The average molecular weight is 270 g/mol. The predicted molar refractivity (Wildman–Crippen MR) is 84.3 cm³/mol. The second-order valence-corrected chi connectivity index (χ2v) is 5.21. The van der Waals surface area contributed by atoms with Crippen LogP contribution in [0.25, 0.3) is 5.57 Å². The molecule has 0 saturated carbocycles. The Hall–Kier alpha value is -1.96. The smallest absolute Gasteiger partial charge is 0.130 e. The van der Waals surface area contributed by atoms with Crippen LogP contribution in [0.2, 0.25) is 0 Å². The van der Waals surface area contributed by atoms with Crippen LogP contribution in [0.3, 0.4) is 0 Å². The van der Waals surface area contributed by atoms with E-state index in [1.54, 1.807) is 14.2 Å². The largest absolute Gasteiger partial charge is 0.496 e. The summed E-state index contributed by atoms with van der Waals surface area (Å²) >= 11 is 0. The van der Waals surface area contributed by atoms with Gasteiger partial charge in [0.05, 0.1) is 19.8 Å². The standard InChI is InChI=1S/C18H22O2/c1-12(2)14-10-9-13(3)11-15(14)18-16(19-4)7-6-8-17(18)20-5/h6-9H,1,10-11H2,2-5H3. The summed E-state index contributed by atoms with van der Waals surface area (Å²) in [4.78, 5) is 0. The lowest BCUT2D eigenvalue weighted by Crippen LogP contribution is -2.03. The van der Waals surface area contributed by atoms with Crippen LogP contribution >= 0.6 is 0 Å². The monoisotopic (exact) mass is 270 g/mol. The zero-order valence-electron chi connectivity index (χ0n) is 12.7. The maximum atomic E-state index is 5.54. The molecular weight excluding hydrogens is 248 g/mol. The van der Waals surface area contributed by atoms with Crippen LogP contribution in [0.4, 0.5) is 0 Å². The Morgan fingerprint density at radius 3 is 2.25 bits per heavy atom. The Labute approximate surface area is 121 Å². The predicted octanol–water partition coefficient (Wildman–Crippen LogP) is 4.77. The highest BCUT2D eigenvalue weighted by Gasteiger charge is 2.21. The number of hydrogen-bond donors (Lipinski definition) is 0. The Bertz CT molecular complexity index is 569. The fraction of sp³-hybridized carbons (Fsp3) is 0.333. The van der Waals surface area contributed by atoms with E-state index < -0.39 is 0 Å². The highest BCUT2D eigenvalue weighted by Crippen LogP contribution is 2.43. The summed E-state index contributed by atoms with van der Waals surface area (Å²) in [6.45, 7) is 8.35. The van der Waals surface area contributed by atoms with Gasteiger partial charge in [-0.3, -0.25) is 0 Å². The number of rotatable bonds is 4. The van der Waals surface area contributed by atoms with Crippen LogP contribution in [0.1, 0.15) is 32.3 Å². The summed E-state index contributed by atoms with van der Waals surface area (Å²) in [5, 5.41) is 0. The first kappa shape index (κ1) is 14.4. The molecule has 0 radical (unpaired) electrons. The van der Waals surface area contributed by atoms with E-state index in [1.165, 1.54) is 16.7 Å². The third kappa shape index (κ3) is 2.64. The Morgan fingerprint density at radius 1 is 1.15 bits per heavy atom. The van der Waals surface area contributed by atoms with Gasteiger partial charge in [-0.05, 0) is 50.0 Å². The minimum atomic E-state index is 0.854. The van der Waals surface area contributed by atoms with Gasteiger partial charge in [0.15, 0.2) is 0 Å². The lowest BCUT2D eigenvalue weighted by Gasteiger charge is -2.23. The van der Waals surface area contributed by atoms with Crippen molar-refractivity contribution in [2.75, 3.05) is 14.2 Å². The Kier molecular flexibility index (Phi) is 4.33. The van der Waals surface area contributed by atoms with Gasteiger partial charge in [-0.1, -0.05) is 29.9 Å². The van der Waals surface area contributed by atoms with Gasteiger partial charge in [-0.25, -0.2) is 0 Å². The molecule has 2 heteroatoms. The molecule has 0 N–H and O–H groups in total. The maximum Gasteiger partial charge on any atom is 0.130 e. The molecule has 0 unspecified atom stereocenters. The lowest BCUT2D eigenvalue weighted by atomic mass is 9.84. The van der Waals surface area contributed by atoms with Gasteiger partial charge in [0.1, 0.15) is 11.5 Å². The van der Waals surface area contributed by atoms with E-state index in [9.17, 15) is 0 Å². The molecule has 1 aromatic carbocycles. The molecule has 0 amide bonds. The van der Waals surface area contributed by atoms with Crippen LogP contribution in [0, 0.1) is 0 Å². The Morgan fingerprint density at radius 2 is 1.75 bits per heavy atom. The topological polar surface area (TPSA) is 18.5 Å². The fourth-order valence-electron chi connectivity index (χ4n) is 2.68. The van der Waals surface area contributed by atoms with E-state index >= 15 is 0 Å². The molecule has 0 saturated heterocycles. The second-order valence-electron chi connectivity index (χ2n) is 5.21. The van der Waals surface area contributed by atoms with Crippen LogP contribution in [0.15, 0.2) is 47.6 Å². The third-order valence-electron chi connectivity index (χ3n) is 3.72. The highest BCUT2D eigenvalue weighted by atomic mass is 16.5. The molecule has 1 aromatic rings. The molecule has 0 atom stereocenters. The minimum absolute atomic E-state index is 0.854. The third-order valence-corrected chi connectivity index (χ3v) is 3.72. The maximum absolute atomic E-state index is 5.54. The van der Waals surface area contributed by atoms with Gasteiger partial charge in [0.25, 0.3) is 0 Å². The summed E-state index contributed by atoms with van der Waals surface area (Å²) in [6.07, 6.45) is 4.12. The molecule has 1 aliphatic carbocycles. The first-order valence-electron chi connectivity index (χ1n) is 6.83. The van der Waals surface area contributed by atoms with Crippen molar-refractivity contribution < 1.29 is 9.47 Å². The molecule has 0 aromatic heterocycles. The van der Waals surface area contributed by atoms with Gasteiger partial charge in [-0.15, -0.1) is 0 Å². The number of benzene rings is 1. The van der Waals surface area contributed by atoms with Crippen molar-refractivity contribution >= 4 is 5.57 Å². The summed E-state index contributed by atoms with van der Waals surface area (Å²) in [6, 6.07) is 5.91. The van der Waals surface area contributed by atoms with Gasteiger partial charge in [0.2, 0.25) is 0 Å². The SMILES string of the molecule is C=C(C)C1=C(c2c(OC)cccc2OC)CC(C)=CC1. The van der Waals surface area contributed by atoms with Crippen molar-refractivity contribution in [2.24, 2.45) is 0 Å². The van der Waals surface area contributed by atoms with Crippen LogP contribution in [-0.2, 0) is 0 Å². The van der Waals surface area contributed by atoms with Crippen molar-refractivity contribution in [1.82, 2.24) is 0 Å². The van der Waals surface area contributed by atoms with E-state index in [-0.39, 0.29) is 0 Å². The molecule has 106 valence electrons. The Balaban J connectivity index is 2.66. The molecule has 0 bridgehead atoms. The van der Waals surface area contributed by atoms with Crippen LogP contribution in [-0.4, -0.2) is 14.2 Å². The number of hydrogen-bond acceptors (Lipinski definition) is 2. The molecular formula is C18H22O2. The molecule has 0 heterocycles. The highest BCUT2D eigenvalue weighted by molar-refractivity contribution is 5.82. The minimum Gasteiger partial charge on any atom is -0.496 e. The van der Waals surface area contributed by atoms with Gasteiger partial charge < -0.3 is 9.47 Å². The molecule has 1 aliphatic rings. The van der Waals surface area contributed by atoms with Crippen molar-refractivity contribution in [2.45, 2.75) is 26.7 Å². The normalized spacial score (nSPS) is 14.9. The lowest BCUT2D eigenvalue weighted by molar-refractivity contribution is 0.391. The molecule has 0 fully saturated rings. The van der Waals surface area contributed by atoms with Crippen molar-refractivity contribution in [3.63, 3.8) is 0 Å². The van der Waals surface area contributed by atoms with E-state index in [0.29, 0.717) is 0 Å². The molecule has 0 aliphatic heterocycles. The van der Waals surface area contributed by atoms with E-state index in [4.69, 9.17) is 9.47 Å². The molecule has 0 spiro atoms. The molecule has 20 heavy (non-hydrogen) atoms. The summed E-state index contributed by atoms with van der Waals surface area (Å²) < 4.78 is 11.1. The van der Waals surface area contributed by atoms with Crippen molar-refractivity contribution in [3.8, 4) is 11.5 Å². The van der Waals surface area contributed by atoms with E-state index in [0.717, 1.165) is 35.5 Å². The molecule has 2 nitrogen and oxygen atoms in total. The first-order chi connectivity index (χ1) is 9.58. The fourth-order valence-corrected chi connectivity index (χ4v) is 2.68. The van der Waals surface area contributed by atoms with Crippen molar-refractivity contribution in [3.05, 3.63) is 53.1 Å².